The molecule has 2 aromatic rings. The summed E-state index contributed by atoms with van der Waals surface area (Å²) in [4.78, 5) is 4.42. The predicted octanol–water partition coefficient (Wildman–Crippen LogP) is 3.25. The lowest BCUT2D eigenvalue weighted by atomic mass is 9.96. The molecule has 94 valence electrons. The Morgan fingerprint density at radius 1 is 1.06 bits per heavy atom. The van der Waals surface area contributed by atoms with Crippen LogP contribution in [0.3, 0.4) is 0 Å². The molecule has 0 aliphatic carbocycles. The Kier molecular flexibility index (Phi) is 3.78. The summed E-state index contributed by atoms with van der Waals surface area (Å²) >= 11 is 0. The third-order valence-electron chi connectivity index (χ3n) is 3.24. The van der Waals surface area contributed by atoms with Crippen LogP contribution >= 0.6 is 0 Å². The van der Waals surface area contributed by atoms with Crippen molar-refractivity contribution in [3.8, 4) is 0 Å². The zero-order chi connectivity index (χ0) is 13.1. The molecule has 0 spiro atoms. The third kappa shape index (κ3) is 2.96. The van der Waals surface area contributed by atoms with Crippen LogP contribution in [0.15, 0.2) is 36.5 Å². The molecule has 0 aliphatic heterocycles. The van der Waals surface area contributed by atoms with E-state index < -0.39 is 0 Å². The molecule has 0 radical (unpaired) electrons. The van der Waals surface area contributed by atoms with Gasteiger partial charge in [-0.2, -0.15) is 0 Å². The van der Waals surface area contributed by atoms with Gasteiger partial charge in [-0.25, -0.2) is 0 Å². The molecule has 2 rings (SSSR count). The van der Waals surface area contributed by atoms with Crippen LogP contribution in [0.5, 0.6) is 0 Å². The zero-order valence-electron chi connectivity index (χ0n) is 11.3. The predicted molar refractivity (Wildman–Crippen MR) is 75.5 cm³/mol. The van der Waals surface area contributed by atoms with Gasteiger partial charge in [0.25, 0.3) is 0 Å². The minimum absolute atomic E-state index is 0.0140. The number of nitrogens with two attached hydrogens (primary N) is 1. The van der Waals surface area contributed by atoms with E-state index in [-0.39, 0.29) is 6.04 Å². The fraction of sp³-hybridized carbons (Fsp3) is 0.312. The maximum Gasteiger partial charge on any atom is 0.0422 e. The van der Waals surface area contributed by atoms with Crippen molar-refractivity contribution in [1.29, 1.82) is 0 Å². The first-order valence-corrected chi connectivity index (χ1v) is 6.30. The monoisotopic (exact) mass is 240 g/mol. The van der Waals surface area contributed by atoms with Gasteiger partial charge in [0.15, 0.2) is 0 Å². The van der Waals surface area contributed by atoms with Crippen LogP contribution in [0.1, 0.15) is 34.0 Å². The van der Waals surface area contributed by atoms with Gasteiger partial charge in [-0.15, -0.1) is 0 Å². The molecule has 2 nitrogen and oxygen atoms in total. The number of aromatic nitrogens is 1. The number of benzene rings is 1. The molecular formula is C16H20N2. The maximum absolute atomic E-state index is 6.29. The molecule has 1 aromatic heterocycles. The van der Waals surface area contributed by atoms with Crippen LogP contribution in [0.25, 0.3) is 0 Å². The maximum atomic E-state index is 6.29. The molecule has 2 N–H and O–H groups in total. The smallest absolute Gasteiger partial charge is 0.0422 e. The molecule has 0 bridgehead atoms. The molecular weight excluding hydrogens is 220 g/mol. The summed E-state index contributed by atoms with van der Waals surface area (Å²) in [5.41, 5.74) is 12.2. The summed E-state index contributed by atoms with van der Waals surface area (Å²) in [6.45, 7) is 6.25. The highest BCUT2D eigenvalue weighted by atomic mass is 14.7. The van der Waals surface area contributed by atoms with E-state index in [0.29, 0.717) is 0 Å². The lowest BCUT2D eigenvalue weighted by Crippen LogP contribution is -2.15. The van der Waals surface area contributed by atoms with E-state index in [0.717, 1.165) is 12.1 Å². The number of nitrogens with zero attached hydrogens (tertiary/aromatic N) is 1. The molecule has 1 unspecified atom stereocenters. The molecule has 0 amide bonds. The van der Waals surface area contributed by atoms with Crippen molar-refractivity contribution in [3.05, 3.63) is 64.5 Å². The summed E-state index contributed by atoms with van der Waals surface area (Å²) in [7, 11) is 0. The lowest BCUT2D eigenvalue weighted by Gasteiger charge is -2.15. The van der Waals surface area contributed by atoms with Gasteiger partial charge in [0.2, 0.25) is 0 Å². The Morgan fingerprint density at radius 2 is 1.78 bits per heavy atom. The Labute approximate surface area is 109 Å². The largest absolute Gasteiger partial charge is 0.324 e. The van der Waals surface area contributed by atoms with Crippen LogP contribution in [0.2, 0.25) is 0 Å². The summed E-state index contributed by atoms with van der Waals surface area (Å²) in [6.07, 6.45) is 2.68. The molecule has 0 saturated heterocycles. The van der Waals surface area contributed by atoms with Gasteiger partial charge < -0.3 is 5.73 Å². The van der Waals surface area contributed by atoms with Gasteiger partial charge in [-0.05, 0) is 43.5 Å². The van der Waals surface area contributed by atoms with Crippen molar-refractivity contribution in [1.82, 2.24) is 4.98 Å². The first kappa shape index (κ1) is 12.8. The minimum Gasteiger partial charge on any atom is -0.324 e. The molecule has 2 heteroatoms. The Hall–Kier alpha value is -1.67. The van der Waals surface area contributed by atoms with Gasteiger partial charge in [-0.3, -0.25) is 4.98 Å². The summed E-state index contributed by atoms with van der Waals surface area (Å²) in [5, 5.41) is 0. The number of rotatable bonds is 3. The van der Waals surface area contributed by atoms with E-state index in [1.807, 2.05) is 13.1 Å². The van der Waals surface area contributed by atoms with Gasteiger partial charge >= 0.3 is 0 Å². The second-order valence-corrected chi connectivity index (χ2v) is 5.00. The van der Waals surface area contributed by atoms with Crippen LogP contribution in [0, 0.1) is 20.8 Å². The first-order valence-electron chi connectivity index (χ1n) is 6.30. The van der Waals surface area contributed by atoms with Crippen molar-refractivity contribution >= 4 is 0 Å². The highest BCUT2D eigenvalue weighted by Crippen LogP contribution is 2.20. The van der Waals surface area contributed by atoms with E-state index in [1.165, 1.54) is 22.3 Å². The highest BCUT2D eigenvalue weighted by molar-refractivity contribution is 5.33. The van der Waals surface area contributed by atoms with E-state index in [4.69, 9.17) is 5.73 Å². The second kappa shape index (κ2) is 5.32. The number of aryl methyl sites for hydroxylation is 3. The Bertz CT molecular complexity index is 529. The van der Waals surface area contributed by atoms with Crippen molar-refractivity contribution in [2.24, 2.45) is 5.73 Å². The lowest BCUT2D eigenvalue weighted by molar-refractivity contribution is 0.701. The molecule has 1 aromatic carbocycles. The van der Waals surface area contributed by atoms with Crippen LogP contribution in [-0.4, -0.2) is 4.98 Å². The van der Waals surface area contributed by atoms with Crippen LogP contribution in [0.4, 0.5) is 0 Å². The van der Waals surface area contributed by atoms with Gasteiger partial charge in [0, 0.05) is 24.4 Å². The normalized spacial score (nSPS) is 12.4. The third-order valence-corrected chi connectivity index (χ3v) is 3.24. The van der Waals surface area contributed by atoms with Crippen LogP contribution < -0.4 is 5.73 Å². The van der Waals surface area contributed by atoms with Crippen molar-refractivity contribution < 1.29 is 0 Å². The molecule has 18 heavy (non-hydrogen) atoms. The minimum atomic E-state index is 0.0140. The quantitative estimate of drug-likeness (QED) is 0.894. The van der Waals surface area contributed by atoms with E-state index in [2.05, 4.69) is 49.2 Å². The van der Waals surface area contributed by atoms with Crippen LogP contribution in [-0.2, 0) is 6.42 Å². The van der Waals surface area contributed by atoms with Crippen molar-refractivity contribution in [2.45, 2.75) is 33.2 Å². The second-order valence-electron chi connectivity index (χ2n) is 5.00. The van der Waals surface area contributed by atoms with Crippen molar-refractivity contribution in [2.75, 3.05) is 0 Å². The van der Waals surface area contributed by atoms with E-state index in [1.54, 1.807) is 0 Å². The fourth-order valence-electron chi connectivity index (χ4n) is 2.11. The standard InChI is InChI=1S/C16H20N2/c1-11-4-6-13(3)15(8-11)16(17)9-14-7-5-12(2)10-18-14/h4-8,10,16H,9,17H2,1-3H3. The molecule has 0 aliphatic rings. The van der Waals surface area contributed by atoms with Gasteiger partial charge in [0.1, 0.15) is 0 Å². The number of hydrogen-bond acceptors (Lipinski definition) is 2. The first-order chi connectivity index (χ1) is 8.56. The summed E-state index contributed by atoms with van der Waals surface area (Å²) < 4.78 is 0. The summed E-state index contributed by atoms with van der Waals surface area (Å²) in [5.74, 6) is 0. The zero-order valence-corrected chi connectivity index (χ0v) is 11.3. The topological polar surface area (TPSA) is 38.9 Å². The van der Waals surface area contributed by atoms with Gasteiger partial charge in [0.05, 0.1) is 0 Å². The fourth-order valence-corrected chi connectivity index (χ4v) is 2.11. The molecule has 1 atom stereocenters. The molecule has 1 heterocycles. The SMILES string of the molecule is Cc1ccc(CC(N)c2cc(C)ccc2C)nc1. The van der Waals surface area contributed by atoms with Crippen molar-refractivity contribution in [3.63, 3.8) is 0 Å². The Morgan fingerprint density at radius 3 is 2.44 bits per heavy atom. The molecule has 0 saturated carbocycles. The van der Waals surface area contributed by atoms with Gasteiger partial charge in [-0.1, -0.05) is 29.8 Å². The average molecular weight is 240 g/mol. The number of pyridine rings is 1. The summed E-state index contributed by atoms with van der Waals surface area (Å²) in [6, 6.07) is 10.6. The highest BCUT2D eigenvalue weighted by Gasteiger charge is 2.10. The Balaban J connectivity index is 2.18. The number of hydrogen-bond donors (Lipinski definition) is 1. The molecule has 0 fully saturated rings. The van der Waals surface area contributed by atoms with E-state index in [9.17, 15) is 0 Å². The van der Waals surface area contributed by atoms with E-state index >= 15 is 0 Å². The average Bonchev–Trinajstić information content (AvgIpc) is 2.35.